The van der Waals surface area contributed by atoms with Crippen molar-refractivity contribution in [3.05, 3.63) is 39.1 Å². The van der Waals surface area contributed by atoms with E-state index in [0.717, 1.165) is 4.57 Å². The average molecular weight is 234 g/mol. The molecule has 1 aromatic rings. The van der Waals surface area contributed by atoms with Gasteiger partial charge >= 0.3 is 5.69 Å². The van der Waals surface area contributed by atoms with Crippen LogP contribution in [0.25, 0.3) is 0 Å². The van der Waals surface area contributed by atoms with Crippen molar-refractivity contribution in [2.45, 2.75) is 13.0 Å². The maximum absolute atomic E-state index is 11.7. The van der Waals surface area contributed by atoms with Crippen LogP contribution in [0.5, 0.6) is 0 Å². The van der Waals surface area contributed by atoms with E-state index in [1.807, 2.05) is 6.07 Å². The summed E-state index contributed by atoms with van der Waals surface area (Å²) in [6, 6.07) is 1.66. The van der Waals surface area contributed by atoms with Crippen LogP contribution in [-0.2, 0) is 14.1 Å². The number of rotatable bonds is 3. The summed E-state index contributed by atoms with van der Waals surface area (Å²) < 4.78 is 2.14. The lowest BCUT2D eigenvalue weighted by Gasteiger charge is -2.16. The van der Waals surface area contributed by atoms with Gasteiger partial charge in [0.25, 0.3) is 5.56 Å². The molecule has 1 atom stereocenters. The fourth-order valence-electron chi connectivity index (χ4n) is 1.39. The number of nitrogens with zero attached hydrogens (tertiary/aromatic N) is 3. The van der Waals surface area contributed by atoms with Gasteiger partial charge < -0.3 is 5.32 Å². The van der Waals surface area contributed by atoms with Gasteiger partial charge in [0.15, 0.2) is 5.56 Å². The van der Waals surface area contributed by atoms with Gasteiger partial charge in [0, 0.05) is 20.1 Å². The van der Waals surface area contributed by atoms with Gasteiger partial charge in [0.05, 0.1) is 0 Å². The highest BCUT2D eigenvalue weighted by Gasteiger charge is 2.15. The average Bonchev–Trinajstić information content (AvgIpc) is 2.33. The molecule has 0 spiro atoms. The smallest absolute Gasteiger partial charge is 0.332 e. The standard InChI is InChI=1S/C11H14N4O2/c1-5-7(2)13-9-8(6-12)10(16)15(4)11(17)14(9)3/h5,7,13H,1H2,2-4H3. The molecule has 0 amide bonds. The van der Waals surface area contributed by atoms with Crippen molar-refractivity contribution in [2.75, 3.05) is 5.32 Å². The van der Waals surface area contributed by atoms with Crippen molar-refractivity contribution in [1.82, 2.24) is 9.13 Å². The Morgan fingerprint density at radius 1 is 1.41 bits per heavy atom. The Labute approximate surface area is 98.4 Å². The third-order valence-corrected chi connectivity index (χ3v) is 2.49. The molecule has 1 unspecified atom stereocenters. The molecular weight excluding hydrogens is 220 g/mol. The lowest BCUT2D eigenvalue weighted by molar-refractivity contribution is 0.682. The molecule has 0 aromatic carbocycles. The molecule has 0 bridgehead atoms. The van der Waals surface area contributed by atoms with Crippen LogP contribution in [0.2, 0.25) is 0 Å². The molecule has 6 nitrogen and oxygen atoms in total. The summed E-state index contributed by atoms with van der Waals surface area (Å²) in [6.07, 6.45) is 1.61. The summed E-state index contributed by atoms with van der Waals surface area (Å²) in [5, 5.41) is 11.9. The summed E-state index contributed by atoms with van der Waals surface area (Å²) in [5.74, 6) is 0.216. The Kier molecular flexibility index (Phi) is 3.53. The van der Waals surface area contributed by atoms with E-state index in [2.05, 4.69) is 11.9 Å². The van der Waals surface area contributed by atoms with Crippen LogP contribution in [0.3, 0.4) is 0 Å². The topological polar surface area (TPSA) is 79.8 Å². The van der Waals surface area contributed by atoms with Crippen LogP contribution in [0.1, 0.15) is 12.5 Å². The highest BCUT2D eigenvalue weighted by Crippen LogP contribution is 2.08. The van der Waals surface area contributed by atoms with Crippen molar-refractivity contribution in [3.63, 3.8) is 0 Å². The highest BCUT2D eigenvalue weighted by molar-refractivity contribution is 5.52. The zero-order chi connectivity index (χ0) is 13.2. The second-order valence-corrected chi connectivity index (χ2v) is 3.71. The first-order valence-corrected chi connectivity index (χ1v) is 5.03. The number of aromatic nitrogens is 2. The third kappa shape index (κ3) is 2.13. The normalized spacial score (nSPS) is 11.6. The molecule has 1 rings (SSSR count). The van der Waals surface area contributed by atoms with Gasteiger partial charge in [-0.1, -0.05) is 6.08 Å². The molecule has 0 saturated heterocycles. The minimum atomic E-state index is -0.602. The fraction of sp³-hybridized carbons (Fsp3) is 0.364. The summed E-state index contributed by atoms with van der Waals surface area (Å²) in [4.78, 5) is 23.4. The predicted octanol–water partition coefficient (Wildman–Crippen LogP) is -0.0579. The first-order valence-electron chi connectivity index (χ1n) is 5.03. The number of nitrogens with one attached hydrogen (secondary N) is 1. The van der Waals surface area contributed by atoms with Gasteiger partial charge in [0.2, 0.25) is 0 Å². The molecule has 1 N–H and O–H groups in total. The van der Waals surface area contributed by atoms with Crippen LogP contribution in [0.15, 0.2) is 22.2 Å². The lowest BCUT2D eigenvalue weighted by Crippen LogP contribution is -2.40. The molecule has 0 saturated carbocycles. The minimum absolute atomic E-state index is 0.0803. The Bertz CT molecular complexity index is 604. The monoisotopic (exact) mass is 234 g/mol. The van der Waals surface area contributed by atoms with Crippen molar-refractivity contribution in [3.8, 4) is 6.07 Å². The molecule has 90 valence electrons. The van der Waals surface area contributed by atoms with Crippen molar-refractivity contribution in [1.29, 1.82) is 5.26 Å². The largest absolute Gasteiger partial charge is 0.364 e. The predicted molar refractivity (Wildman–Crippen MR) is 64.9 cm³/mol. The van der Waals surface area contributed by atoms with Gasteiger partial charge in [-0.25, -0.2) is 4.79 Å². The van der Waals surface area contributed by atoms with Crippen LogP contribution in [0, 0.1) is 11.3 Å². The molecule has 17 heavy (non-hydrogen) atoms. The summed E-state index contributed by atoms with van der Waals surface area (Å²) >= 11 is 0. The Hall–Kier alpha value is -2.29. The molecule has 1 aromatic heterocycles. The molecule has 0 fully saturated rings. The van der Waals surface area contributed by atoms with E-state index in [4.69, 9.17) is 5.26 Å². The second kappa shape index (κ2) is 4.70. The lowest BCUT2D eigenvalue weighted by atomic mass is 10.2. The molecule has 6 heteroatoms. The second-order valence-electron chi connectivity index (χ2n) is 3.71. The third-order valence-electron chi connectivity index (χ3n) is 2.49. The molecule has 1 heterocycles. The van der Waals surface area contributed by atoms with Gasteiger partial charge in [-0.3, -0.25) is 13.9 Å². The van der Waals surface area contributed by atoms with E-state index in [-0.39, 0.29) is 17.4 Å². The molecule has 0 aliphatic heterocycles. The van der Waals surface area contributed by atoms with E-state index in [1.54, 1.807) is 13.0 Å². The Morgan fingerprint density at radius 2 is 2.00 bits per heavy atom. The fourth-order valence-corrected chi connectivity index (χ4v) is 1.39. The van der Waals surface area contributed by atoms with Crippen LogP contribution in [0.4, 0.5) is 5.82 Å². The SMILES string of the molecule is C=CC(C)Nc1c(C#N)c(=O)n(C)c(=O)n1C. The molecule has 0 radical (unpaired) electrons. The van der Waals surface area contributed by atoms with E-state index in [0.29, 0.717) is 0 Å². The van der Waals surface area contributed by atoms with Crippen LogP contribution >= 0.6 is 0 Å². The minimum Gasteiger partial charge on any atom is -0.364 e. The summed E-state index contributed by atoms with van der Waals surface area (Å²) in [7, 11) is 2.84. The van der Waals surface area contributed by atoms with Gasteiger partial charge in [-0.2, -0.15) is 5.26 Å². The van der Waals surface area contributed by atoms with Gasteiger partial charge in [0.1, 0.15) is 11.9 Å². The zero-order valence-electron chi connectivity index (χ0n) is 10.0. The first kappa shape index (κ1) is 12.8. The maximum Gasteiger partial charge on any atom is 0.332 e. The van der Waals surface area contributed by atoms with E-state index >= 15 is 0 Å². The van der Waals surface area contributed by atoms with E-state index in [1.165, 1.54) is 18.7 Å². The molecular formula is C11H14N4O2. The van der Waals surface area contributed by atoms with Gasteiger partial charge in [-0.15, -0.1) is 6.58 Å². The quantitative estimate of drug-likeness (QED) is 0.743. The van der Waals surface area contributed by atoms with Crippen molar-refractivity contribution < 1.29 is 0 Å². The first-order chi connectivity index (χ1) is 7.93. The highest BCUT2D eigenvalue weighted by atomic mass is 16.2. The molecule has 0 aliphatic rings. The number of anilines is 1. The van der Waals surface area contributed by atoms with Crippen LogP contribution < -0.4 is 16.6 Å². The van der Waals surface area contributed by atoms with Crippen LogP contribution in [-0.4, -0.2) is 15.2 Å². The molecule has 0 aliphatic carbocycles. The number of nitriles is 1. The summed E-state index contributed by atoms with van der Waals surface area (Å²) in [5.41, 5.74) is -1.16. The van der Waals surface area contributed by atoms with E-state index < -0.39 is 11.2 Å². The van der Waals surface area contributed by atoms with Crippen molar-refractivity contribution in [2.24, 2.45) is 14.1 Å². The Balaban J connectivity index is 3.60. The van der Waals surface area contributed by atoms with E-state index in [9.17, 15) is 9.59 Å². The number of hydrogen-bond acceptors (Lipinski definition) is 4. The summed E-state index contributed by atoms with van der Waals surface area (Å²) in [6.45, 7) is 5.39. The Morgan fingerprint density at radius 3 is 2.47 bits per heavy atom. The maximum atomic E-state index is 11.7. The number of hydrogen-bond donors (Lipinski definition) is 1. The van der Waals surface area contributed by atoms with Crippen molar-refractivity contribution >= 4 is 5.82 Å². The zero-order valence-corrected chi connectivity index (χ0v) is 10.0. The van der Waals surface area contributed by atoms with Gasteiger partial charge in [-0.05, 0) is 6.92 Å².